The molecule has 0 saturated carbocycles. The number of benzene rings is 1. The van der Waals surface area contributed by atoms with Crippen molar-refractivity contribution in [2.75, 3.05) is 39.0 Å². The molecule has 0 atom stereocenters. The normalized spacial score (nSPS) is 15.3. The molecule has 1 aromatic carbocycles. The number of nitrogen functional groups attached to an aromatic ring is 1. The summed E-state index contributed by atoms with van der Waals surface area (Å²) in [5.74, 6) is -0.524. The summed E-state index contributed by atoms with van der Waals surface area (Å²) < 4.78 is 14.0. The third-order valence-corrected chi connectivity index (χ3v) is 4.79. The molecule has 0 spiro atoms. The smallest absolute Gasteiger partial charge is 0.268 e. The molecular formula is C19H19FN6O. The van der Waals surface area contributed by atoms with E-state index in [1.807, 2.05) is 19.2 Å². The zero-order chi connectivity index (χ0) is 19.6. The highest BCUT2D eigenvalue weighted by molar-refractivity contribution is 5.81. The summed E-state index contributed by atoms with van der Waals surface area (Å²) in [7, 11) is 2.04. The first-order valence-corrected chi connectivity index (χ1v) is 8.50. The Morgan fingerprint density at radius 1 is 1.19 bits per heavy atom. The number of nitrogens with two attached hydrogens (primary N) is 1. The number of hydrogen-bond donors (Lipinski definition) is 2. The van der Waals surface area contributed by atoms with Gasteiger partial charge in [-0.15, -0.1) is 0 Å². The van der Waals surface area contributed by atoms with Crippen LogP contribution in [0.2, 0.25) is 0 Å². The summed E-state index contributed by atoms with van der Waals surface area (Å²) in [6, 6.07) is 7.94. The molecule has 138 valence electrons. The van der Waals surface area contributed by atoms with Gasteiger partial charge in [0.05, 0.1) is 0 Å². The Kier molecular flexibility index (Phi) is 5.22. The van der Waals surface area contributed by atoms with E-state index in [2.05, 4.69) is 14.8 Å². The van der Waals surface area contributed by atoms with Crippen molar-refractivity contribution in [3.05, 3.63) is 51.1 Å². The van der Waals surface area contributed by atoms with Gasteiger partial charge in [0.25, 0.3) is 5.56 Å². The average molecular weight is 366 g/mol. The van der Waals surface area contributed by atoms with Crippen LogP contribution in [0.25, 0.3) is 11.1 Å². The molecule has 1 aromatic heterocycles. The number of likely N-dealkylation sites (N-methyl/N-ethyl adjacent to an activating group) is 1. The molecular weight excluding hydrogens is 347 g/mol. The van der Waals surface area contributed by atoms with Crippen molar-refractivity contribution in [1.82, 2.24) is 14.8 Å². The first-order valence-electron chi connectivity index (χ1n) is 8.50. The lowest BCUT2D eigenvalue weighted by atomic mass is 9.92. The summed E-state index contributed by atoms with van der Waals surface area (Å²) in [6.45, 7) is 3.88. The number of rotatable bonds is 3. The van der Waals surface area contributed by atoms with Crippen LogP contribution in [-0.4, -0.2) is 48.0 Å². The Hall–Kier alpha value is -3.20. The molecule has 1 saturated heterocycles. The van der Waals surface area contributed by atoms with E-state index < -0.39 is 11.4 Å². The lowest BCUT2D eigenvalue weighted by Gasteiger charge is -2.32. The molecule has 0 bridgehead atoms. The fourth-order valence-electron chi connectivity index (χ4n) is 3.30. The third kappa shape index (κ3) is 3.68. The van der Waals surface area contributed by atoms with Gasteiger partial charge in [-0.3, -0.25) is 9.69 Å². The zero-order valence-corrected chi connectivity index (χ0v) is 14.9. The number of halogens is 1. The van der Waals surface area contributed by atoms with E-state index in [1.165, 1.54) is 18.2 Å². The van der Waals surface area contributed by atoms with Crippen LogP contribution < -0.4 is 11.3 Å². The maximum absolute atomic E-state index is 14.0. The standard InChI is InChI=1S/C19H19FN6O/c1-25-4-6-26(7-5-25)11-12-8-13(20)2-3-14(12)17-15(9-21)18(23)24-19(27)16(17)10-22/h2-3,8H,4-7,11H2,1H3,(H3,23,24,27). The van der Waals surface area contributed by atoms with Gasteiger partial charge in [-0.2, -0.15) is 10.5 Å². The summed E-state index contributed by atoms with van der Waals surface area (Å²) >= 11 is 0. The van der Waals surface area contributed by atoms with Gasteiger partial charge >= 0.3 is 0 Å². The number of pyridine rings is 1. The van der Waals surface area contributed by atoms with Crippen LogP contribution in [0.3, 0.4) is 0 Å². The van der Waals surface area contributed by atoms with Gasteiger partial charge in [0.2, 0.25) is 0 Å². The van der Waals surface area contributed by atoms with Crippen LogP contribution in [0.4, 0.5) is 10.2 Å². The molecule has 0 amide bonds. The highest BCUT2D eigenvalue weighted by atomic mass is 19.1. The van der Waals surface area contributed by atoms with Crippen molar-refractivity contribution < 1.29 is 4.39 Å². The second-order valence-corrected chi connectivity index (χ2v) is 6.60. The Morgan fingerprint density at radius 2 is 1.85 bits per heavy atom. The molecule has 3 N–H and O–H groups in total. The fourth-order valence-corrected chi connectivity index (χ4v) is 3.30. The van der Waals surface area contributed by atoms with E-state index in [1.54, 1.807) is 0 Å². The summed E-state index contributed by atoms with van der Waals surface area (Å²) in [5.41, 5.74) is 6.18. The third-order valence-electron chi connectivity index (χ3n) is 4.79. The number of piperazine rings is 1. The second-order valence-electron chi connectivity index (χ2n) is 6.60. The summed E-state index contributed by atoms with van der Waals surface area (Å²) in [5, 5.41) is 19.0. The minimum Gasteiger partial charge on any atom is -0.384 e. The largest absolute Gasteiger partial charge is 0.384 e. The number of nitrogens with one attached hydrogen (secondary N) is 1. The number of H-pyrrole nitrogens is 1. The molecule has 1 fully saturated rings. The summed E-state index contributed by atoms with van der Waals surface area (Å²) in [4.78, 5) is 18.9. The zero-order valence-electron chi connectivity index (χ0n) is 14.9. The number of nitrogens with zero attached hydrogens (tertiary/aromatic N) is 4. The van der Waals surface area contributed by atoms with E-state index in [0.717, 1.165) is 26.2 Å². The topological polar surface area (TPSA) is 113 Å². The predicted octanol–water partition coefficient (Wildman–Crippen LogP) is 1.25. The molecule has 1 aliphatic rings. The molecule has 0 radical (unpaired) electrons. The van der Waals surface area contributed by atoms with E-state index in [0.29, 0.717) is 17.7 Å². The average Bonchev–Trinajstić information content (AvgIpc) is 2.63. The van der Waals surface area contributed by atoms with Gasteiger partial charge < -0.3 is 15.6 Å². The van der Waals surface area contributed by atoms with Crippen LogP contribution >= 0.6 is 0 Å². The number of aromatic nitrogens is 1. The van der Waals surface area contributed by atoms with Crippen LogP contribution in [0.5, 0.6) is 0 Å². The van der Waals surface area contributed by atoms with Crippen molar-refractivity contribution in [3.63, 3.8) is 0 Å². The van der Waals surface area contributed by atoms with Crippen molar-refractivity contribution in [1.29, 1.82) is 10.5 Å². The van der Waals surface area contributed by atoms with E-state index in [9.17, 15) is 19.7 Å². The van der Waals surface area contributed by atoms with Gasteiger partial charge in [-0.05, 0) is 30.3 Å². The monoisotopic (exact) mass is 366 g/mol. The molecule has 2 aromatic rings. The highest BCUT2D eigenvalue weighted by Crippen LogP contribution is 2.32. The Morgan fingerprint density at radius 3 is 2.48 bits per heavy atom. The number of aromatic amines is 1. The Labute approximate surface area is 156 Å². The van der Waals surface area contributed by atoms with Crippen LogP contribution in [-0.2, 0) is 6.54 Å². The van der Waals surface area contributed by atoms with Gasteiger partial charge in [-0.1, -0.05) is 6.07 Å². The molecule has 7 nitrogen and oxygen atoms in total. The minimum atomic E-state index is -0.668. The van der Waals surface area contributed by atoms with Crippen LogP contribution in [0.15, 0.2) is 23.0 Å². The Balaban J connectivity index is 2.15. The van der Waals surface area contributed by atoms with Crippen LogP contribution in [0.1, 0.15) is 16.7 Å². The van der Waals surface area contributed by atoms with E-state index in [4.69, 9.17) is 5.73 Å². The molecule has 0 aliphatic carbocycles. The quantitative estimate of drug-likeness (QED) is 0.845. The summed E-state index contributed by atoms with van der Waals surface area (Å²) in [6.07, 6.45) is 0. The number of hydrogen-bond acceptors (Lipinski definition) is 6. The van der Waals surface area contributed by atoms with Gasteiger partial charge in [-0.25, -0.2) is 4.39 Å². The van der Waals surface area contributed by atoms with Crippen LogP contribution in [0, 0.1) is 28.5 Å². The van der Waals surface area contributed by atoms with Crippen molar-refractivity contribution in [3.8, 4) is 23.3 Å². The number of nitriles is 2. The second kappa shape index (κ2) is 7.58. The molecule has 1 aliphatic heterocycles. The van der Waals surface area contributed by atoms with Gasteiger partial charge in [0, 0.05) is 38.3 Å². The lowest BCUT2D eigenvalue weighted by Crippen LogP contribution is -2.43. The molecule has 27 heavy (non-hydrogen) atoms. The predicted molar refractivity (Wildman–Crippen MR) is 99.1 cm³/mol. The minimum absolute atomic E-state index is 0.0115. The van der Waals surface area contributed by atoms with Gasteiger partial charge in [0.15, 0.2) is 0 Å². The first-order chi connectivity index (χ1) is 12.9. The first kappa shape index (κ1) is 18.6. The van der Waals surface area contributed by atoms with Crippen molar-refractivity contribution >= 4 is 5.82 Å². The van der Waals surface area contributed by atoms with Crippen molar-refractivity contribution in [2.24, 2.45) is 0 Å². The van der Waals surface area contributed by atoms with Crippen molar-refractivity contribution in [2.45, 2.75) is 6.54 Å². The lowest BCUT2D eigenvalue weighted by molar-refractivity contribution is 0.148. The number of anilines is 1. The van der Waals surface area contributed by atoms with Gasteiger partial charge in [0.1, 0.15) is 34.9 Å². The maximum atomic E-state index is 14.0. The molecule has 0 unspecified atom stereocenters. The maximum Gasteiger partial charge on any atom is 0.268 e. The van der Waals surface area contributed by atoms with E-state index in [-0.39, 0.29) is 22.5 Å². The Bertz CT molecular complexity index is 1010. The fraction of sp³-hybridized carbons (Fsp3) is 0.316. The highest BCUT2D eigenvalue weighted by Gasteiger charge is 2.22. The molecule has 8 heteroatoms. The SMILES string of the molecule is CN1CCN(Cc2cc(F)ccc2-c2c(C#N)c(N)[nH]c(=O)c2C#N)CC1. The molecule has 2 heterocycles. The van der Waals surface area contributed by atoms with E-state index >= 15 is 0 Å². The molecule has 3 rings (SSSR count).